The van der Waals surface area contributed by atoms with Crippen molar-refractivity contribution in [2.45, 2.75) is 34.6 Å². The molecule has 5 nitrogen and oxygen atoms in total. The van der Waals surface area contributed by atoms with E-state index in [1.54, 1.807) is 12.3 Å². The summed E-state index contributed by atoms with van der Waals surface area (Å²) in [6.07, 6.45) is 3.42. The van der Waals surface area contributed by atoms with Crippen molar-refractivity contribution >= 4 is 39.0 Å². The lowest BCUT2D eigenvalue weighted by molar-refractivity contribution is -0.111. The van der Waals surface area contributed by atoms with Crippen molar-refractivity contribution in [2.24, 2.45) is 0 Å². The third-order valence-corrected chi connectivity index (χ3v) is 6.60. The van der Waals surface area contributed by atoms with Gasteiger partial charge in [0.15, 0.2) is 0 Å². The molecule has 5 heteroatoms. The molecule has 0 unspecified atom stereocenters. The van der Waals surface area contributed by atoms with Gasteiger partial charge in [0.1, 0.15) is 11.3 Å². The lowest BCUT2D eigenvalue weighted by Crippen LogP contribution is -2.09. The average Bonchev–Trinajstić information content (AvgIpc) is 3.30. The fourth-order valence-corrected chi connectivity index (χ4v) is 4.70. The number of aromatic nitrogens is 1. The van der Waals surface area contributed by atoms with Crippen LogP contribution in [0.15, 0.2) is 77.4 Å². The van der Waals surface area contributed by atoms with Gasteiger partial charge in [0, 0.05) is 39.2 Å². The van der Waals surface area contributed by atoms with Crippen molar-refractivity contribution in [1.29, 1.82) is 0 Å². The first kappa shape index (κ1) is 24.3. The largest absolute Gasteiger partial charge is 0.493 e. The molecule has 0 saturated carbocycles. The topological polar surface area (TPSA) is 64.4 Å². The Morgan fingerprint density at radius 2 is 1.81 bits per heavy atom. The van der Waals surface area contributed by atoms with Gasteiger partial charge in [-0.3, -0.25) is 9.78 Å². The number of benzene rings is 3. The molecular formula is C32H30N2O3. The third kappa shape index (κ3) is 4.73. The predicted molar refractivity (Wildman–Crippen MR) is 151 cm³/mol. The van der Waals surface area contributed by atoms with Crippen LogP contribution in [0, 0.1) is 20.8 Å². The van der Waals surface area contributed by atoms with Gasteiger partial charge in [0.2, 0.25) is 5.91 Å². The molecule has 0 radical (unpaired) electrons. The number of pyridine rings is 1. The highest BCUT2D eigenvalue weighted by Crippen LogP contribution is 2.41. The molecule has 1 N–H and O–H groups in total. The molecule has 0 aliphatic rings. The summed E-state index contributed by atoms with van der Waals surface area (Å²) < 4.78 is 12.1. The summed E-state index contributed by atoms with van der Waals surface area (Å²) in [6, 6.07) is 20.1. The van der Waals surface area contributed by atoms with Gasteiger partial charge in [0.05, 0.1) is 24.1 Å². The summed E-state index contributed by atoms with van der Waals surface area (Å²) in [7, 11) is 0. The molecule has 1 amide bonds. The normalized spacial score (nSPS) is 11.8. The van der Waals surface area contributed by atoms with Crippen LogP contribution in [0.25, 0.3) is 38.6 Å². The maximum absolute atomic E-state index is 13.1. The maximum atomic E-state index is 13.1. The smallest absolute Gasteiger partial charge is 0.248 e. The second kappa shape index (κ2) is 9.94. The number of rotatable bonds is 6. The number of nitrogens with zero attached hydrogens (tertiary/aromatic N) is 1. The average molecular weight is 491 g/mol. The molecule has 186 valence electrons. The molecule has 0 spiro atoms. The molecule has 0 saturated heterocycles. The standard InChI is InChI=1S/C32H30N2O3/c1-6-36-31-22(5)32-26(27(18-37-32)23-13-10-19(2)11-14-23)17-25(31)20(3)16-30(35)34-29-9-7-8-28-24(29)15-12-21(4)33-28/h7-18H,6H2,1-5H3,(H,34,35)/b20-16+. The van der Waals surface area contributed by atoms with Crippen molar-refractivity contribution < 1.29 is 13.9 Å². The molecule has 0 aliphatic heterocycles. The first-order valence-corrected chi connectivity index (χ1v) is 12.5. The predicted octanol–water partition coefficient (Wildman–Crippen LogP) is 8.01. The Morgan fingerprint density at radius 1 is 1.03 bits per heavy atom. The van der Waals surface area contributed by atoms with Gasteiger partial charge >= 0.3 is 0 Å². The van der Waals surface area contributed by atoms with E-state index in [0.29, 0.717) is 6.61 Å². The van der Waals surface area contributed by atoms with Crippen LogP contribution in [0.1, 0.15) is 36.2 Å². The number of aryl methyl sites for hydroxylation is 3. The molecule has 3 aromatic carbocycles. The minimum absolute atomic E-state index is 0.211. The van der Waals surface area contributed by atoms with Gasteiger partial charge < -0.3 is 14.5 Å². The van der Waals surface area contributed by atoms with Gasteiger partial charge in [-0.05, 0) is 76.1 Å². The molecule has 0 atom stereocenters. The van der Waals surface area contributed by atoms with Crippen LogP contribution < -0.4 is 10.1 Å². The highest BCUT2D eigenvalue weighted by Gasteiger charge is 2.19. The lowest BCUT2D eigenvalue weighted by Gasteiger charge is -2.15. The summed E-state index contributed by atoms with van der Waals surface area (Å²) in [5.74, 6) is 0.517. The number of carbonyl (C=O) groups is 1. The van der Waals surface area contributed by atoms with Crippen molar-refractivity contribution in [2.75, 3.05) is 11.9 Å². The van der Waals surface area contributed by atoms with Crippen LogP contribution >= 0.6 is 0 Å². The number of carbonyl (C=O) groups excluding carboxylic acids is 1. The minimum atomic E-state index is -0.211. The number of anilines is 1. The quantitative estimate of drug-likeness (QED) is 0.245. The molecular weight excluding hydrogens is 460 g/mol. The third-order valence-electron chi connectivity index (χ3n) is 6.60. The first-order chi connectivity index (χ1) is 17.9. The van der Waals surface area contributed by atoms with Crippen molar-refractivity contribution in [3.63, 3.8) is 0 Å². The zero-order valence-electron chi connectivity index (χ0n) is 21.8. The second-order valence-electron chi connectivity index (χ2n) is 9.34. The summed E-state index contributed by atoms with van der Waals surface area (Å²) >= 11 is 0. The van der Waals surface area contributed by atoms with Gasteiger partial charge in [0.25, 0.3) is 0 Å². The molecule has 0 fully saturated rings. The van der Waals surface area contributed by atoms with Crippen LogP contribution in [0.3, 0.4) is 0 Å². The van der Waals surface area contributed by atoms with Crippen molar-refractivity contribution in [1.82, 2.24) is 4.98 Å². The first-order valence-electron chi connectivity index (χ1n) is 12.5. The van der Waals surface area contributed by atoms with Crippen LogP contribution in [0.5, 0.6) is 5.75 Å². The van der Waals surface area contributed by atoms with E-state index in [2.05, 4.69) is 47.6 Å². The number of hydrogen-bond acceptors (Lipinski definition) is 4. The summed E-state index contributed by atoms with van der Waals surface area (Å²) in [6.45, 7) is 10.4. The SMILES string of the molecule is CCOc1c(/C(C)=C/C(=O)Nc2cccc3nc(C)ccc23)cc2c(-c3ccc(C)cc3)coc2c1C. The lowest BCUT2D eigenvalue weighted by atomic mass is 9.96. The number of nitrogens with one attached hydrogen (secondary N) is 1. The summed E-state index contributed by atoms with van der Waals surface area (Å²) in [4.78, 5) is 17.7. The summed E-state index contributed by atoms with van der Waals surface area (Å²) in [5, 5.41) is 4.92. The van der Waals surface area contributed by atoms with E-state index in [9.17, 15) is 4.79 Å². The fraction of sp³-hybridized carbons (Fsp3) is 0.188. The van der Waals surface area contributed by atoms with E-state index < -0.39 is 0 Å². The van der Waals surface area contributed by atoms with Gasteiger partial charge in [-0.15, -0.1) is 0 Å². The molecule has 2 heterocycles. The molecule has 5 rings (SSSR count). The monoisotopic (exact) mass is 490 g/mol. The van der Waals surface area contributed by atoms with E-state index in [1.807, 2.05) is 58.0 Å². The zero-order chi connectivity index (χ0) is 26.1. The number of fused-ring (bicyclic) bond motifs is 2. The van der Waals surface area contributed by atoms with E-state index in [-0.39, 0.29) is 5.91 Å². The fourth-order valence-electron chi connectivity index (χ4n) is 4.70. The Bertz CT molecular complexity index is 1660. The number of furan rings is 1. The highest BCUT2D eigenvalue weighted by atomic mass is 16.5. The molecule has 5 aromatic rings. The van der Waals surface area contributed by atoms with Gasteiger partial charge in [-0.1, -0.05) is 35.9 Å². The molecule has 0 aliphatic carbocycles. The van der Waals surface area contributed by atoms with E-state index in [1.165, 1.54) is 5.56 Å². The molecule has 2 aromatic heterocycles. The van der Waals surface area contributed by atoms with Crippen LogP contribution in [-0.4, -0.2) is 17.5 Å². The van der Waals surface area contributed by atoms with Crippen LogP contribution in [-0.2, 0) is 4.79 Å². The Morgan fingerprint density at radius 3 is 2.57 bits per heavy atom. The number of hydrogen-bond donors (Lipinski definition) is 1. The van der Waals surface area contributed by atoms with Crippen molar-refractivity contribution in [3.05, 3.63) is 95.4 Å². The minimum Gasteiger partial charge on any atom is -0.493 e. The van der Waals surface area contributed by atoms with Gasteiger partial charge in [-0.25, -0.2) is 0 Å². The van der Waals surface area contributed by atoms with Gasteiger partial charge in [-0.2, -0.15) is 0 Å². The molecule has 0 bridgehead atoms. The Hall–Kier alpha value is -4.38. The van der Waals surface area contributed by atoms with E-state index in [0.717, 1.165) is 66.8 Å². The van der Waals surface area contributed by atoms with Crippen LogP contribution in [0.2, 0.25) is 0 Å². The number of ether oxygens (including phenoxy) is 1. The van der Waals surface area contributed by atoms with Crippen molar-refractivity contribution in [3.8, 4) is 16.9 Å². The number of allylic oxidation sites excluding steroid dienone is 1. The highest BCUT2D eigenvalue weighted by molar-refractivity contribution is 6.09. The molecule has 37 heavy (non-hydrogen) atoms. The van der Waals surface area contributed by atoms with Crippen LogP contribution in [0.4, 0.5) is 5.69 Å². The summed E-state index contributed by atoms with van der Waals surface area (Å²) in [5.41, 5.74) is 9.18. The van der Waals surface area contributed by atoms with E-state index in [4.69, 9.17) is 9.15 Å². The Kier molecular flexibility index (Phi) is 6.53. The Labute approximate surface area is 216 Å². The number of amides is 1. The second-order valence-corrected chi connectivity index (χ2v) is 9.34. The maximum Gasteiger partial charge on any atom is 0.248 e. The zero-order valence-corrected chi connectivity index (χ0v) is 21.8. The Balaban J connectivity index is 1.55. The van der Waals surface area contributed by atoms with E-state index >= 15 is 0 Å².